The summed E-state index contributed by atoms with van der Waals surface area (Å²) in [4.78, 5) is 2.06. The van der Waals surface area contributed by atoms with Crippen LogP contribution in [0, 0.1) is 0 Å². The van der Waals surface area contributed by atoms with E-state index in [9.17, 15) is 8.42 Å². The molecular weight excluding hydrogens is 212 g/mol. The van der Waals surface area contributed by atoms with Crippen molar-refractivity contribution in [2.75, 3.05) is 31.9 Å². The Kier molecular flexibility index (Phi) is 5.77. The number of nitrogens with two attached hydrogens (primary N) is 1. The van der Waals surface area contributed by atoms with Crippen LogP contribution in [0.2, 0.25) is 0 Å². The van der Waals surface area contributed by atoms with Crippen LogP contribution in [0.15, 0.2) is 0 Å². The van der Waals surface area contributed by atoms with Gasteiger partial charge in [0.05, 0.1) is 10.5 Å². The van der Waals surface area contributed by atoms with Gasteiger partial charge < -0.3 is 10.6 Å². The highest BCUT2D eigenvalue weighted by Gasteiger charge is 2.28. The second-order valence-electron chi connectivity index (χ2n) is 4.65. The van der Waals surface area contributed by atoms with Crippen molar-refractivity contribution in [3.63, 3.8) is 0 Å². The average molecular weight is 236 g/mol. The quantitative estimate of drug-likeness (QED) is 0.728. The molecule has 0 radical (unpaired) electrons. The lowest BCUT2D eigenvalue weighted by Crippen LogP contribution is -2.38. The van der Waals surface area contributed by atoms with Gasteiger partial charge in [-0.2, -0.15) is 0 Å². The molecule has 0 spiro atoms. The van der Waals surface area contributed by atoms with Gasteiger partial charge in [-0.25, -0.2) is 8.42 Å². The summed E-state index contributed by atoms with van der Waals surface area (Å²) < 4.78 is 23.0. The molecule has 0 fully saturated rings. The first-order valence-electron chi connectivity index (χ1n) is 5.39. The first-order valence-corrected chi connectivity index (χ1v) is 7.04. The lowest BCUT2D eigenvalue weighted by Gasteiger charge is -2.23. The molecule has 0 aromatic rings. The Hall–Kier alpha value is -0.130. The van der Waals surface area contributed by atoms with E-state index in [1.165, 1.54) is 0 Å². The maximum absolute atomic E-state index is 11.8. The lowest BCUT2D eigenvalue weighted by atomic mass is 10.3. The number of nitrogens with zero attached hydrogens (tertiary/aromatic N) is 1. The monoisotopic (exact) mass is 236 g/mol. The molecule has 0 aromatic heterocycles. The molecule has 4 nitrogen and oxygen atoms in total. The average Bonchev–Trinajstić information content (AvgIpc) is 2.10. The van der Waals surface area contributed by atoms with Gasteiger partial charge in [-0.15, -0.1) is 0 Å². The fourth-order valence-corrected chi connectivity index (χ4v) is 2.28. The third kappa shape index (κ3) is 4.95. The van der Waals surface area contributed by atoms with E-state index in [-0.39, 0.29) is 5.75 Å². The van der Waals surface area contributed by atoms with Crippen LogP contribution in [-0.4, -0.2) is 50.0 Å². The summed E-state index contributed by atoms with van der Waals surface area (Å²) >= 11 is 0. The topological polar surface area (TPSA) is 63.4 Å². The first kappa shape index (κ1) is 14.9. The number of sulfone groups is 1. The van der Waals surface area contributed by atoms with Gasteiger partial charge in [-0.05, 0) is 27.3 Å². The minimum atomic E-state index is -3.00. The third-order valence-electron chi connectivity index (χ3n) is 2.50. The van der Waals surface area contributed by atoms with Gasteiger partial charge >= 0.3 is 0 Å². The zero-order chi connectivity index (χ0) is 12.1. The molecule has 15 heavy (non-hydrogen) atoms. The third-order valence-corrected chi connectivity index (χ3v) is 5.09. The van der Waals surface area contributed by atoms with E-state index in [4.69, 9.17) is 5.73 Å². The van der Waals surface area contributed by atoms with E-state index in [0.29, 0.717) is 13.1 Å². The molecule has 0 atom stereocenters. The summed E-state index contributed by atoms with van der Waals surface area (Å²) in [6.07, 6.45) is 0. The maximum Gasteiger partial charge on any atom is 0.156 e. The summed E-state index contributed by atoms with van der Waals surface area (Å²) in [5, 5.41) is 0. The van der Waals surface area contributed by atoms with Crippen LogP contribution in [0.1, 0.15) is 27.7 Å². The fourth-order valence-electron chi connectivity index (χ4n) is 1.17. The van der Waals surface area contributed by atoms with E-state index in [1.807, 2.05) is 6.92 Å². The van der Waals surface area contributed by atoms with Crippen molar-refractivity contribution in [3.05, 3.63) is 0 Å². The Morgan fingerprint density at radius 3 is 2.07 bits per heavy atom. The molecule has 0 unspecified atom stereocenters. The predicted molar refractivity (Wildman–Crippen MR) is 64.7 cm³/mol. The highest BCUT2D eigenvalue weighted by molar-refractivity contribution is 7.92. The van der Waals surface area contributed by atoms with Gasteiger partial charge in [-0.3, -0.25) is 0 Å². The lowest BCUT2D eigenvalue weighted by molar-refractivity contribution is 0.312. The van der Waals surface area contributed by atoms with Crippen molar-refractivity contribution < 1.29 is 8.42 Å². The van der Waals surface area contributed by atoms with Crippen LogP contribution in [0.3, 0.4) is 0 Å². The van der Waals surface area contributed by atoms with E-state index < -0.39 is 14.6 Å². The normalized spacial score (nSPS) is 13.5. The number of rotatable bonds is 6. The molecule has 5 heteroatoms. The molecule has 0 aromatic carbocycles. The number of hydrogen-bond acceptors (Lipinski definition) is 4. The Morgan fingerprint density at radius 2 is 1.73 bits per heavy atom. The SMILES string of the molecule is CCN(CCN)CCS(=O)(=O)C(C)(C)C. The minimum absolute atomic E-state index is 0.213. The van der Waals surface area contributed by atoms with Gasteiger partial charge in [-0.1, -0.05) is 6.92 Å². The first-order chi connectivity index (χ1) is 6.74. The van der Waals surface area contributed by atoms with Crippen LogP contribution in [-0.2, 0) is 9.84 Å². The standard InChI is InChI=1S/C10H24N2O2S/c1-5-12(7-6-11)8-9-15(13,14)10(2,3)4/h5-9,11H2,1-4H3. The summed E-state index contributed by atoms with van der Waals surface area (Å²) in [6.45, 7) is 9.98. The molecule has 0 aliphatic carbocycles. The van der Waals surface area contributed by atoms with Crippen LogP contribution in [0.4, 0.5) is 0 Å². The van der Waals surface area contributed by atoms with E-state index in [1.54, 1.807) is 20.8 Å². The Labute approximate surface area is 93.7 Å². The largest absolute Gasteiger partial charge is 0.329 e. The Balaban J connectivity index is 4.26. The summed E-state index contributed by atoms with van der Waals surface area (Å²) in [6, 6.07) is 0. The van der Waals surface area contributed by atoms with Gasteiger partial charge in [0, 0.05) is 19.6 Å². The molecule has 0 heterocycles. The molecule has 0 aliphatic heterocycles. The minimum Gasteiger partial charge on any atom is -0.329 e. The van der Waals surface area contributed by atoms with E-state index in [2.05, 4.69) is 4.90 Å². The second kappa shape index (κ2) is 5.82. The zero-order valence-corrected chi connectivity index (χ0v) is 11.1. The van der Waals surface area contributed by atoms with E-state index in [0.717, 1.165) is 13.1 Å². The molecule has 0 aliphatic rings. The molecule has 92 valence electrons. The van der Waals surface area contributed by atoms with Crippen LogP contribution in [0.25, 0.3) is 0 Å². The van der Waals surface area contributed by atoms with Crippen molar-refractivity contribution in [2.24, 2.45) is 5.73 Å². The van der Waals surface area contributed by atoms with Crippen molar-refractivity contribution in [1.29, 1.82) is 0 Å². The van der Waals surface area contributed by atoms with Gasteiger partial charge in [0.15, 0.2) is 9.84 Å². The van der Waals surface area contributed by atoms with E-state index >= 15 is 0 Å². The smallest absolute Gasteiger partial charge is 0.156 e. The maximum atomic E-state index is 11.8. The number of likely N-dealkylation sites (N-methyl/N-ethyl adjacent to an activating group) is 1. The highest BCUT2D eigenvalue weighted by atomic mass is 32.2. The molecule has 0 rings (SSSR count). The Bertz CT molecular complexity index is 268. The fraction of sp³-hybridized carbons (Fsp3) is 1.00. The predicted octanol–water partition coefficient (Wildman–Crippen LogP) is 0.480. The molecular formula is C10H24N2O2S. The van der Waals surface area contributed by atoms with Gasteiger partial charge in [0.2, 0.25) is 0 Å². The van der Waals surface area contributed by atoms with Crippen LogP contribution >= 0.6 is 0 Å². The van der Waals surface area contributed by atoms with Crippen LogP contribution in [0.5, 0.6) is 0 Å². The Morgan fingerprint density at radius 1 is 1.20 bits per heavy atom. The van der Waals surface area contributed by atoms with Crippen molar-refractivity contribution in [3.8, 4) is 0 Å². The summed E-state index contributed by atoms with van der Waals surface area (Å²) in [5.41, 5.74) is 5.44. The van der Waals surface area contributed by atoms with Crippen LogP contribution < -0.4 is 5.73 Å². The highest BCUT2D eigenvalue weighted by Crippen LogP contribution is 2.15. The summed E-state index contributed by atoms with van der Waals surface area (Å²) in [5.74, 6) is 0.213. The van der Waals surface area contributed by atoms with Gasteiger partial charge in [0.1, 0.15) is 0 Å². The van der Waals surface area contributed by atoms with Crippen molar-refractivity contribution in [2.45, 2.75) is 32.4 Å². The number of hydrogen-bond donors (Lipinski definition) is 1. The zero-order valence-electron chi connectivity index (χ0n) is 10.3. The van der Waals surface area contributed by atoms with Crippen molar-refractivity contribution >= 4 is 9.84 Å². The molecule has 2 N–H and O–H groups in total. The van der Waals surface area contributed by atoms with Gasteiger partial charge in [0.25, 0.3) is 0 Å². The molecule has 0 saturated heterocycles. The molecule has 0 saturated carbocycles. The second-order valence-corrected chi connectivity index (χ2v) is 7.52. The molecule has 0 amide bonds. The molecule has 0 bridgehead atoms. The van der Waals surface area contributed by atoms with Crippen molar-refractivity contribution in [1.82, 2.24) is 4.90 Å². The summed E-state index contributed by atoms with van der Waals surface area (Å²) in [7, 11) is -3.00.